The van der Waals surface area contributed by atoms with Gasteiger partial charge in [-0.2, -0.15) is 0 Å². The molecular weight excluding hydrogens is 244 g/mol. The number of ether oxygens (including phenoxy) is 1. The highest BCUT2D eigenvalue weighted by Gasteiger charge is 2.11. The third-order valence-corrected chi connectivity index (χ3v) is 2.98. The highest BCUT2D eigenvalue weighted by atomic mass is 16.5. The molecule has 19 heavy (non-hydrogen) atoms. The molecule has 1 aromatic heterocycles. The van der Waals surface area contributed by atoms with Crippen LogP contribution in [0, 0.1) is 6.92 Å². The molecule has 5 nitrogen and oxygen atoms in total. The maximum Gasteiger partial charge on any atom is 0.303 e. The first-order chi connectivity index (χ1) is 9.11. The molecule has 0 fully saturated rings. The fourth-order valence-electron chi connectivity index (χ4n) is 2.02. The smallest absolute Gasteiger partial charge is 0.303 e. The molecule has 2 aromatic rings. The van der Waals surface area contributed by atoms with E-state index in [1.165, 1.54) is 0 Å². The number of rotatable bonds is 5. The summed E-state index contributed by atoms with van der Waals surface area (Å²) in [4.78, 5) is 17.9. The molecule has 0 radical (unpaired) electrons. The number of aliphatic carboxylic acids is 1. The van der Waals surface area contributed by atoms with Crippen molar-refractivity contribution in [3.05, 3.63) is 35.8 Å². The molecule has 0 aliphatic carbocycles. The summed E-state index contributed by atoms with van der Waals surface area (Å²) >= 11 is 0. The van der Waals surface area contributed by atoms with Crippen molar-refractivity contribution >= 4 is 5.97 Å². The van der Waals surface area contributed by atoms with E-state index in [1.807, 2.05) is 25.1 Å². The van der Waals surface area contributed by atoms with Crippen molar-refractivity contribution in [2.75, 3.05) is 7.11 Å². The number of hydrogen-bond acceptors (Lipinski definition) is 3. The van der Waals surface area contributed by atoms with Crippen LogP contribution in [0.3, 0.4) is 0 Å². The predicted molar refractivity (Wildman–Crippen MR) is 71.3 cm³/mol. The van der Waals surface area contributed by atoms with Crippen molar-refractivity contribution in [2.24, 2.45) is 0 Å². The van der Waals surface area contributed by atoms with Gasteiger partial charge in [0.25, 0.3) is 0 Å². The molecular formula is C14H16N2O3. The van der Waals surface area contributed by atoms with Crippen LogP contribution < -0.4 is 4.74 Å². The van der Waals surface area contributed by atoms with Gasteiger partial charge in [0.1, 0.15) is 5.75 Å². The molecule has 0 saturated heterocycles. The van der Waals surface area contributed by atoms with Gasteiger partial charge in [-0.05, 0) is 30.7 Å². The van der Waals surface area contributed by atoms with E-state index < -0.39 is 5.97 Å². The number of benzene rings is 1. The topological polar surface area (TPSA) is 75.2 Å². The number of aromatic amines is 1. The Morgan fingerprint density at radius 1 is 1.47 bits per heavy atom. The molecule has 1 heterocycles. The molecule has 0 aliphatic heterocycles. The number of imidazole rings is 1. The summed E-state index contributed by atoms with van der Waals surface area (Å²) in [6.45, 7) is 1.96. The molecule has 0 aliphatic rings. The number of nitrogens with one attached hydrogen (secondary N) is 1. The van der Waals surface area contributed by atoms with Gasteiger partial charge in [-0.25, -0.2) is 4.98 Å². The van der Waals surface area contributed by atoms with Crippen molar-refractivity contribution < 1.29 is 14.6 Å². The SMILES string of the molecule is COc1ccc(-c2nc[nH]c2CCC(=O)O)cc1C. The number of nitrogens with zero attached hydrogens (tertiary/aromatic N) is 1. The Labute approximate surface area is 111 Å². The van der Waals surface area contributed by atoms with Gasteiger partial charge in [-0.3, -0.25) is 4.79 Å². The number of aromatic nitrogens is 2. The summed E-state index contributed by atoms with van der Waals surface area (Å²) in [6.07, 6.45) is 2.12. The zero-order valence-electron chi connectivity index (χ0n) is 10.9. The second-order valence-electron chi connectivity index (χ2n) is 4.31. The van der Waals surface area contributed by atoms with Crippen molar-refractivity contribution in [1.29, 1.82) is 0 Å². The van der Waals surface area contributed by atoms with Crippen LogP contribution in [0.1, 0.15) is 17.7 Å². The van der Waals surface area contributed by atoms with Gasteiger partial charge in [-0.15, -0.1) is 0 Å². The first-order valence-corrected chi connectivity index (χ1v) is 6.01. The molecule has 5 heteroatoms. The Bertz CT molecular complexity index is 590. The second kappa shape index (κ2) is 5.56. The van der Waals surface area contributed by atoms with Crippen molar-refractivity contribution in [1.82, 2.24) is 9.97 Å². The fourth-order valence-corrected chi connectivity index (χ4v) is 2.02. The zero-order valence-corrected chi connectivity index (χ0v) is 10.9. The number of methoxy groups -OCH3 is 1. The van der Waals surface area contributed by atoms with Crippen LogP contribution in [0.5, 0.6) is 5.75 Å². The second-order valence-corrected chi connectivity index (χ2v) is 4.31. The average Bonchev–Trinajstić information content (AvgIpc) is 2.84. The van der Waals surface area contributed by atoms with Gasteiger partial charge >= 0.3 is 5.97 Å². The molecule has 1 aromatic carbocycles. The molecule has 0 bridgehead atoms. The van der Waals surface area contributed by atoms with Crippen LogP contribution in [-0.4, -0.2) is 28.2 Å². The lowest BCUT2D eigenvalue weighted by molar-refractivity contribution is -0.136. The molecule has 2 N–H and O–H groups in total. The molecule has 0 atom stereocenters. The Morgan fingerprint density at radius 3 is 2.89 bits per heavy atom. The van der Waals surface area contributed by atoms with Crippen molar-refractivity contribution in [3.8, 4) is 17.0 Å². The summed E-state index contributed by atoms with van der Waals surface area (Å²) in [7, 11) is 1.63. The third kappa shape index (κ3) is 2.93. The van der Waals surface area contributed by atoms with Crippen LogP contribution in [0.4, 0.5) is 0 Å². The Kier molecular flexibility index (Phi) is 3.85. The van der Waals surface area contributed by atoms with E-state index in [0.717, 1.165) is 28.3 Å². The van der Waals surface area contributed by atoms with Crippen molar-refractivity contribution in [2.45, 2.75) is 19.8 Å². The quantitative estimate of drug-likeness (QED) is 0.865. The van der Waals surface area contributed by atoms with E-state index in [0.29, 0.717) is 6.42 Å². The predicted octanol–water partition coefficient (Wildman–Crippen LogP) is 2.41. The highest BCUT2D eigenvalue weighted by molar-refractivity contribution is 5.69. The molecule has 100 valence electrons. The maximum absolute atomic E-state index is 10.6. The van der Waals surface area contributed by atoms with E-state index in [1.54, 1.807) is 13.4 Å². The van der Waals surface area contributed by atoms with E-state index in [4.69, 9.17) is 9.84 Å². The third-order valence-electron chi connectivity index (χ3n) is 2.98. The van der Waals surface area contributed by atoms with Crippen molar-refractivity contribution in [3.63, 3.8) is 0 Å². The standard InChI is InChI=1S/C14H16N2O3/c1-9-7-10(3-5-12(9)19-2)14-11(15-8-16-14)4-6-13(17)18/h3,5,7-8H,4,6H2,1-2H3,(H,15,16)(H,17,18). The summed E-state index contributed by atoms with van der Waals surface area (Å²) < 4.78 is 5.22. The van der Waals surface area contributed by atoms with Gasteiger partial charge in [0.15, 0.2) is 0 Å². The molecule has 2 rings (SSSR count). The van der Waals surface area contributed by atoms with Crippen LogP contribution in [0.15, 0.2) is 24.5 Å². The Balaban J connectivity index is 2.29. The van der Waals surface area contributed by atoms with Gasteiger partial charge in [0.05, 0.1) is 25.6 Å². The first kappa shape index (κ1) is 13.1. The van der Waals surface area contributed by atoms with Crippen LogP contribution in [-0.2, 0) is 11.2 Å². The number of aryl methyl sites for hydroxylation is 2. The largest absolute Gasteiger partial charge is 0.496 e. The van der Waals surface area contributed by atoms with Gasteiger partial charge in [-0.1, -0.05) is 0 Å². The van der Waals surface area contributed by atoms with E-state index in [9.17, 15) is 4.79 Å². The Morgan fingerprint density at radius 2 is 2.26 bits per heavy atom. The van der Waals surface area contributed by atoms with Crippen LogP contribution in [0.2, 0.25) is 0 Å². The van der Waals surface area contributed by atoms with Gasteiger partial charge < -0.3 is 14.8 Å². The number of H-pyrrole nitrogens is 1. The van der Waals surface area contributed by atoms with Gasteiger partial charge in [0.2, 0.25) is 0 Å². The Hall–Kier alpha value is -2.30. The molecule has 0 saturated carbocycles. The zero-order chi connectivity index (χ0) is 13.8. The lowest BCUT2D eigenvalue weighted by Gasteiger charge is -2.07. The maximum atomic E-state index is 10.6. The number of carbonyl (C=O) groups is 1. The molecule has 0 amide bonds. The summed E-state index contributed by atoms with van der Waals surface area (Å²) in [5.74, 6) is 0.0119. The minimum absolute atomic E-state index is 0.0876. The lowest BCUT2D eigenvalue weighted by Crippen LogP contribution is -1.99. The van der Waals surface area contributed by atoms with Gasteiger partial charge in [0, 0.05) is 17.7 Å². The number of hydrogen-bond donors (Lipinski definition) is 2. The summed E-state index contributed by atoms with van der Waals surface area (Å²) in [5, 5.41) is 8.74. The van der Waals surface area contributed by atoms with E-state index >= 15 is 0 Å². The van der Waals surface area contributed by atoms with Crippen LogP contribution >= 0.6 is 0 Å². The van der Waals surface area contributed by atoms with Crippen LogP contribution in [0.25, 0.3) is 11.3 Å². The minimum atomic E-state index is -0.813. The highest BCUT2D eigenvalue weighted by Crippen LogP contribution is 2.27. The minimum Gasteiger partial charge on any atom is -0.496 e. The first-order valence-electron chi connectivity index (χ1n) is 6.01. The number of carboxylic acids is 1. The molecule has 0 spiro atoms. The summed E-state index contributed by atoms with van der Waals surface area (Å²) in [5.41, 5.74) is 3.62. The average molecular weight is 260 g/mol. The normalized spacial score (nSPS) is 10.4. The fraction of sp³-hybridized carbons (Fsp3) is 0.286. The van der Waals surface area contributed by atoms with E-state index in [-0.39, 0.29) is 6.42 Å². The lowest BCUT2D eigenvalue weighted by atomic mass is 10.0. The summed E-state index contributed by atoms with van der Waals surface area (Å²) in [6, 6.07) is 5.80. The number of carboxylic acid groups (broad SMARTS) is 1. The van der Waals surface area contributed by atoms with E-state index in [2.05, 4.69) is 9.97 Å². The monoisotopic (exact) mass is 260 g/mol. The molecule has 0 unspecified atom stereocenters.